The van der Waals surface area contributed by atoms with Gasteiger partial charge in [0.1, 0.15) is 11.7 Å². The number of fused-ring (bicyclic) bond motifs is 2. The van der Waals surface area contributed by atoms with Crippen molar-refractivity contribution in [1.29, 1.82) is 5.41 Å². The normalized spacial score (nSPS) is 16.3. The van der Waals surface area contributed by atoms with Crippen LogP contribution in [0.4, 0.5) is 0 Å². The predicted octanol–water partition coefficient (Wildman–Crippen LogP) is 6.24. The summed E-state index contributed by atoms with van der Waals surface area (Å²) in [4.78, 5) is 16.9. The van der Waals surface area contributed by atoms with Gasteiger partial charge in [-0.1, -0.05) is 55.5 Å². The number of amides is 1. The maximum Gasteiger partial charge on any atom is 0.283 e. The summed E-state index contributed by atoms with van der Waals surface area (Å²) in [5, 5.41) is 18.1. The van der Waals surface area contributed by atoms with Crippen LogP contribution in [-0.2, 0) is 11.4 Å². The largest absolute Gasteiger partial charge is 0.490 e. The summed E-state index contributed by atoms with van der Waals surface area (Å²) in [5.41, 5.74) is 1.99. The molecule has 2 heterocycles. The van der Waals surface area contributed by atoms with E-state index in [1.165, 1.54) is 22.2 Å². The second-order valence-electron chi connectivity index (χ2n) is 8.33. The third-order valence-electron chi connectivity index (χ3n) is 5.80. The predicted molar refractivity (Wildman–Crippen MR) is 146 cm³/mol. The van der Waals surface area contributed by atoms with Gasteiger partial charge in [0.25, 0.3) is 5.91 Å². The zero-order valence-electron chi connectivity index (χ0n) is 20.2. The summed E-state index contributed by atoms with van der Waals surface area (Å²) in [7, 11) is 0. The van der Waals surface area contributed by atoms with Crippen LogP contribution in [0, 0.1) is 5.41 Å². The summed E-state index contributed by atoms with van der Waals surface area (Å²) in [6, 6.07) is 19.9. The molecule has 0 atom stereocenters. The first kappa shape index (κ1) is 23.8. The van der Waals surface area contributed by atoms with Gasteiger partial charge >= 0.3 is 0 Å². The molecule has 0 saturated heterocycles. The minimum absolute atomic E-state index is 0.0258. The average molecular weight is 499 g/mol. The van der Waals surface area contributed by atoms with Crippen LogP contribution in [0.25, 0.3) is 16.8 Å². The van der Waals surface area contributed by atoms with Gasteiger partial charge in [-0.15, -0.1) is 0 Å². The van der Waals surface area contributed by atoms with Gasteiger partial charge in [-0.2, -0.15) is 15.1 Å². The fourth-order valence-corrected chi connectivity index (χ4v) is 5.08. The van der Waals surface area contributed by atoms with Crippen LogP contribution >= 0.6 is 11.8 Å². The van der Waals surface area contributed by atoms with E-state index in [0.29, 0.717) is 35.4 Å². The van der Waals surface area contributed by atoms with E-state index < -0.39 is 5.91 Å². The Morgan fingerprint density at radius 2 is 1.86 bits per heavy atom. The number of hydrogen-bond donors (Lipinski definition) is 1. The second kappa shape index (κ2) is 10.4. The number of rotatable bonds is 8. The van der Waals surface area contributed by atoms with E-state index in [2.05, 4.69) is 41.3 Å². The molecule has 182 valence electrons. The summed E-state index contributed by atoms with van der Waals surface area (Å²) >= 11 is 1.35. The molecule has 0 saturated carbocycles. The van der Waals surface area contributed by atoms with Crippen molar-refractivity contribution in [1.82, 2.24) is 5.01 Å². The van der Waals surface area contributed by atoms with Crippen LogP contribution in [0.5, 0.6) is 11.5 Å². The zero-order valence-corrected chi connectivity index (χ0v) is 21.0. The number of hydrogen-bond acceptors (Lipinski definition) is 6. The molecular formula is C28H26N4O3S. The van der Waals surface area contributed by atoms with E-state index in [9.17, 15) is 4.79 Å². The Kier molecular flexibility index (Phi) is 6.86. The topological polar surface area (TPSA) is 87.3 Å². The highest BCUT2D eigenvalue weighted by Gasteiger charge is 2.35. The first-order chi connectivity index (χ1) is 17.6. The summed E-state index contributed by atoms with van der Waals surface area (Å²) in [6.07, 6.45) is 3.38. The number of benzene rings is 3. The molecule has 0 aromatic heterocycles. The number of amidine groups is 2. The molecule has 3 aromatic carbocycles. The third kappa shape index (κ3) is 4.77. The minimum atomic E-state index is -0.444. The van der Waals surface area contributed by atoms with Crippen molar-refractivity contribution < 1.29 is 14.3 Å². The van der Waals surface area contributed by atoms with E-state index >= 15 is 0 Å². The molecule has 2 aliphatic heterocycles. The maximum absolute atomic E-state index is 12.7. The molecule has 3 aromatic rings. The van der Waals surface area contributed by atoms with Gasteiger partial charge in [-0.3, -0.25) is 10.2 Å². The van der Waals surface area contributed by atoms with Crippen LogP contribution < -0.4 is 9.47 Å². The monoisotopic (exact) mass is 498 g/mol. The lowest BCUT2D eigenvalue weighted by Gasteiger charge is -2.20. The van der Waals surface area contributed by atoms with Crippen molar-refractivity contribution in [3.05, 3.63) is 77.4 Å². The molecule has 1 amide bonds. The molecule has 0 fully saturated rings. The lowest BCUT2D eigenvalue weighted by atomic mass is 10.1. The number of hydrazone groups is 1. The lowest BCUT2D eigenvalue weighted by molar-refractivity contribution is -0.114. The molecule has 0 unspecified atom stereocenters. The Morgan fingerprint density at radius 3 is 2.69 bits per heavy atom. The Hall–Kier alpha value is -3.91. The summed E-state index contributed by atoms with van der Waals surface area (Å²) in [6.45, 7) is 4.84. The number of carbonyl (C=O) groups excluding carboxylic acids is 1. The SMILES string of the molecule is CCCC1=NN2C(=N)/C(=C/c3ccc(OCc4cccc5ccccc45)c(OCC)c3)C(=O)N=C2S1. The number of nitrogens with one attached hydrogen (secondary N) is 1. The van der Waals surface area contributed by atoms with Crippen LogP contribution in [0.3, 0.4) is 0 Å². The number of aliphatic imine (C=N–C) groups is 1. The minimum Gasteiger partial charge on any atom is -0.490 e. The van der Waals surface area contributed by atoms with Gasteiger partial charge in [-0.25, -0.2) is 0 Å². The van der Waals surface area contributed by atoms with E-state index in [1.54, 1.807) is 6.08 Å². The van der Waals surface area contributed by atoms with Crippen molar-refractivity contribution >= 4 is 50.6 Å². The summed E-state index contributed by atoms with van der Waals surface area (Å²) < 4.78 is 12.0. The molecular weight excluding hydrogens is 472 g/mol. The number of ether oxygens (including phenoxy) is 2. The molecule has 0 spiro atoms. The number of thioether (sulfide) groups is 1. The first-order valence-electron chi connectivity index (χ1n) is 11.9. The first-order valence-corrected chi connectivity index (χ1v) is 12.7. The van der Waals surface area contributed by atoms with E-state index in [0.717, 1.165) is 28.8 Å². The van der Waals surface area contributed by atoms with Gasteiger partial charge < -0.3 is 9.47 Å². The Bertz CT molecular complexity index is 1440. The highest BCUT2D eigenvalue weighted by Crippen LogP contribution is 2.33. The average Bonchev–Trinajstić information content (AvgIpc) is 3.29. The molecule has 8 heteroatoms. The number of carbonyl (C=O) groups is 1. The van der Waals surface area contributed by atoms with Gasteiger partial charge in [0, 0.05) is 0 Å². The molecule has 5 rings (SSSR count). The van der Waals surface area contributed by atoms with Gasteiger partial charge in [0.2, 0.25) is 5.17 Å². The van der Waals surface area contributed by atoms with Crippen molar-refractivity contribution in [2.45, 2.75) is 33.3 Å². The van der Waals surface area contributed by atoms with Crippen LogP contribution in [0.2, 0.25) is 0 Å². The van der Waals surface area contributed by atoms with E-state index in [4.69, 9.17) is 14.9 Å². The maximum atomic E-state index is 12.7. The van der Waals surface area contributed by atoms with Crippen LogP contribution in [0.1, 0.15) is 37.8 Å². The van der Waals surface area contributed by atoms with Crippen molar-refractivity contribution in [3.8, 4) is 11.5 Å². The Labute approximate surface area is 214 Å². The zero-order chi connectivity index (χ0) is 25.1. The van der Waals surface area contributed by atoms with Crippen molar-refractivity contribution in [2.24, 2.45) is 10.1 Å². The van der Waals surface area contributed by atoms with Crippen LogP contribution in [0.15, 0.2) is 76.3 Å². The molecule has 0 radical (unpaired) electrons. The Morgan fingerprint density at radius 1 is 1.03 bits per heavy atom. The lowest BCUT2D eigenvalue weighted by Crippen LogP contribution is -2.35. The Balaban J connectivity index is 1.39. The number of nitrogens with zero attached hydrogens (tertiary/aromatic N) is 3. The van der Waals surface area contributed by atoms with Gasteiger partial charge in [0.15, 0.2) is 17.3 Å². The molecule has 2 aliphatic rings. The fraction of sp³-hybridized carbons (Fsp3) is 0.214. The van der Waals surface area contributed by atoms with Gasteiger partial charge in [-0.05, 0) is 71.6 Å². The van der Waals surface area contributed by atoms with E-state index in [1.807, 2.05) is 43.3 Å². The highest BCUT2D eigenvalue weighted by atomic mass is 32.2. The highest BCUT2D eigenvalue weighted by molar-refractivity contribution is 8.26. The standard InChI is InChI=1S/C28H26N4O3S/c1-3-8-25-31-32-26(29)22(27(33)30-28(32)36-25)15-18-13-14-23(24(16-18)34-4-2)35-17-20-11-7-10-19-9-5-6-12-21(19)20/h5-7,9-16,29H,3-4,8,17H2,1-2H3/b22-15-,29-26?. The quantitative estimate of drug-likeness (QED) is 0.372. The van der Waals surface area contributed by atoms with Gasteiger partial charge in [0.05, 0.1) is 12.2 Å². The van der Waals surface area contributed by atoms with Crippen molar-refractivity contribution in [3.63, 3.8) is 0 Å². The van der Waals surface area contributed by atoms with Crippen molar-refractivity contribution in [2.75, 3.05) is 6.61 Å². The molecule has 1 N–H and O–H groups in total. The van der Waals surface area contributed by atoms with E-state index in [-0.39, 0.29) is 11.4 Å². The van der Waals surface area contributed by atoms with Crippen LogP contribution in [-0.4, -0.2) is 33.6 Å². The summed E-state index contributed by atoms with van der Waals surface area (Å²) in [5.74, 6) is 0.770. The third-order valence-corrected chi connectivity index (χ3v) is 6.77. The second-order valence-corrected chi connectivity index (χ2v) is 9.37. The molecule has 7 nitrogen and oxygen atoms in total. The molecule has 0 bridgehead atoms. The smallest absolute Gasteiger partial charge is 0.283 e. The fourth-order valence-electron chi connectivity index (χ4n) is 4.09. The molecule has 0 aliphatic carbocycles. The molecule has 36 heavy (non-hydrogen) atoms.